The van der Waals surface area contributed by atoms with E-state index < -0.39 is 0 Å². The van der Waals surface area contributed by atoms with Gasteiger partial charge >= 0.3 is 5.97 Å². The minimum Gasteiger partial charge on any atom is -0.458 e. The van der Waals surface area contributed by atoms with Crippen molar-refractivity contribution in [2.75, 3.05) is 0 Å². The standard InChI is InChI=1S/C24H40O2/c1-18(2)11-9-13-20(5)15-22(7)17-24(25)26-23(8)16-21(6)14-10-12-19(3)4/h11-12,15-16,22-23H,9-10,13-14,17H2,1-8H3. The Bertz CT molecular complexity index is 491. The van der Waals surface area contributed by atoms with Crippen molar-refractivity contribution in [1.82, 2.24) is 0 Å². The first-order valence-corrected chi connectivity index (χ1v) is 9.91. The molecule has 2 unspecified atom stereocenters. The quantitative estimate of drug-likeness (QED) is 0.285. The second-order valence-corrected chi connectivity index (χ2v) is 8.04. The number of hydrogen-bond acceptors (Lipinski definition) is 2. The van der Waals surface area contributed by atoms with Gasteiger partial charge in [0.2, 0.25) is 0 Å². The van der Waals surface area contributed by atoms with E-state index >= 15 is 0 Å². The fourth-order valence-corrected chi connectivity index (χ4v) is 2.84. The van der Waals surface area contributed by atoms with Gasteiger partial charge in [-0.25, -0.2) is 0 Å². The van der Waals surface area contributed by atoms with E-state index in [-0.39, 0.29) is 18.0 Å². The normalized spacial score (nSPS) is 14.5. The molecule has 0 N–H and O–H groups in total. The molecule has 0 amide bonds. The molecule has 2 heteroatoms. The first-order valence-electron chi connectivity index (χ1n) is 9.91. The molecule has 0 aromatic carbocycles. The van der Waals surface area contributed by atoms with E-state index in [9.17, 15) is 4.79 Å². The molecule has 0 heterocycles. The van der Waals surface area contributed by atoms with E-state index in [1.807, 2.05) is 6.92 Å². The highest BCUT2D eigenvalue weighted by atomic mass is 16.5. The molecule has 0 radical (unpaired) electrons. The highest BCUT2D eigenvalue weighted by Gasteiger charge is 2.11. The molecular formula is C24H40O2. The summed E-state index contributed by atoms with van der Waals surface area (Å²) < 4.78 is 5.54. The summed E-state index contributed by atoms with van der Waals surface area (Å²) in [6, 6.07) is 0. The average Bonchev–Trinajstić information content (AvgIpc) is 2.45. The molecule has 2 atom stereocenters. The van der Waals surface area contributed by atoms with Crippen LogP contribution in [0.4, 0.5) is 0 Å². The van der Waals surface area contributed by atoms with Gasteiger partial charge in [-0.3, -0.25) is 4.79 Å². The van der Waals surface area contributed by atoms with Crippen LogP contribution in [0.15, 0.2) is 46.6 Å². The Kier molecular flexibility index (Phi) is 12.8. The minimum atomic E-state index is -0.163. The zero-order chi connectivity index (χ0) is 20.1. The molecule has 0 aromatic heterocycles. The predicted molar refractivity (Wildman–Crippen MR) is 114 cm³/mol. The Balaban J connectivity index is 4.33. The van der Waals surface area contributed by atoms with Crippen molar-refractivity contribution in [2.24, 2.45) is 5.92 Å². The first kappa shape index (κ1) is 24.4. The van der Waals surface area contributed by atoms with Crippen LogP contribution in [0.1, 0.15) is 87.5 Å². The SMILES string of the molecule is CC(C)=CCCC(C)=CC(C)CC(=O)OC(C)C=C(C)CCC=C(C)C. The van der Waals surface area contributed by atoms with Crippen LogP contribution in [0.2, 0.25) is 0 Å². The molecule has 2 nitrogen and oxygen atoms in total. The molecule has 0 saturated heterocycles. The van der Waals surface area contributed by atoms with Crippen LogP contribution in [0.5, 0.6) is 0 Å². The lowest BCUT2D eigenvalue weighted by Crippen LogP contribution is -2.15. The highest BCUT2D eigenvalue weighted by Crippen LogP contribution is 2.15. The van der Waals surface area contributed by atoms with Gasteiger partial charge in [-0.15, -0.1) is 0 Å². The van der Waals surface area contributed by atoms with Gasteiger partial charge in [0.1, 0.15) is 6.10 Å². The molecule has 148 valence electrons. The maximum atomic E-state index is 12.1. The molecule has 0 fully saturated rings. The van der Waals surface area contributed by atoms with Crippen molar-refractivity contribution >= 4 is 5.97 Å². The third-order valence-electron chi connectivity index (χ3n) is 4.08. The monoisotopic (exact) mass is 360 g/mol. The summed E-state index contributed by atoms with van der Waals surface area (Å²) in [7, 11) is 0. The zero-order valence-electron chi connectivity index (χ0n) is 18.3. The van der Waals surface area contributed by atoms with Crippen LogP contribution in [0.3, 0.4) is 0 Å². The van der Waals surface area contributed by atoms with Crippen LogP contribution < -0.4 is 0 Å². The van der Waals surface area contributed by atoms with Crippen LogP contribution >= 0.6 is 0 Å². The van der Waals surface area contributed by atoms with Crippen LogP contribution in [0, 0.1) is 5.92 Å². The van der Waals surface area contributed by atoms with Crippen molar-refractivity contribution in [3.63, 3.8) is 0 Å². The summed E-state index contributed by atoms with van der Waals surface area (Å²) >= 11 is 0. The lowest BCUT2D eigenvalue weighted by molar-refractivity contribution is -0.146. The topological polar surface area (TPSA) is 26.3 Å². The van der Waals surface area contributed by atoms with Crippen molar-refractivity contribution in [1.29, 1.82) is 0 Å². The Morgan fingerprint density at radius 1 is 0.808 bits per heavy atom. The summed E-state index contributed by atoms with van der Waals surface area (Å²) in [4.78, 5) is 12.1. The number of carbonyl (C=O) groups excluding carboxylic acids is 1. The molecule has 0 saturated carbocycles. The Morgan fingerprint density at radius 3 is 1.73 bits per heavy atom. The van der Waals surface area contributed by atoms with E-state index in [2.05, 4.69) is 72.8 Å². The number of rotatable bonds is 11. The van der Waals surface area contributed by atoms with Gasteiger partial charge in [-0.2, -0.15) is 0 Å². The molecule has 0 spiro atoms. The Morgan fingerprint density at radius 2 is 1.27 bits per heavy atom. The lowest BCUT2D eigenvalue weighted by atomic mass is 10.0. The Labute approximate surface area is 162 Å². The summed E-state index contributed by atoms with van der Waals surface area (Å²) in [6.45, 7) is 16.7. The Hall–Kier alpha value is -1.57. The fourth-order valence-electron chi connectivity index (χ4n) is 2.84. The number of esters is 1. The van der Waals surface area contributed by atoms with E-state index in [1.165, 1.54) is 22.3 Å². The summed E-state index contributed by atoms with van der Waals surface area (Å²) in [5, 5.41) is 0. The van der Waals surface area contributed by atoms with Gasteiger partial charge in [0.15, 0.2) is 0 Å². The lowest BCUT2D eigenvalue weighted by Gasteiger charge is -2.13. The van der Waals surface area contributed by atoms with Crippen LogP contribution in [0.25, 0.3) is 0 Å². The van der Waals surface area contributed by atoms with Crippen LogP contribution in [-0.4, -0.2) is 12.1 Å². The molecule has 0 bridgehead atoms. The van der Waals surface area contributed by atoms with Gasteiger partial charge in [0, 0.05) is 0 Å². The zero-order valence-corrected chi connectivity index (χ0v) is 18.3. The number of carbonyl (C=O) groups is 1. The molecule has 0 rings (SSSR count). The summed E-state index contributed by atoms with van der Waals surface area (Å²) in [5.41, 5.74) is 5.31. The fraction of sp³-hybridized carbons (Fsp3) is 0.625. The maximum Gasteiger partial charge on any atom is 0.306 e. The molecule has 0 aromatic rings. The summed E-state index contributed by atoms with van der Waals surface area (Å²) in [5.74, 6) is 0.0934. The second kappa shape index (κ2) is 13.6. The smallest absolute Gasteiger partial charge is 0.306 e. The number of hydrogen-bond donors (Lipinski definition) is 0. The molecule has 26 heavy (non-hydrogen) atoms. The van der Waals surface area contributed by atoms with E-state index in [0.29, 0.717) is 6.42 Å². The largest absolute Gasteiger partial charge is 0.458 e. The average molecular weight is 361 g/mol. The maximum absolute atomic E-state index is 12.1. The number of allylic oxidation sites excluding steroid dienone is 7. The third kappa shape index (κ3) is 14.7. The van der Waals surface area contributed by atoms with Gasteiger partial charge in [-0.1, -0.05) is 47.4 Å². The molecular weight excluding hydrogens is 320 g/mol. The van der Waals surface area contributed by atoms with Crippen molar-refractivity contribution in [3.8, 4) is 0 Å². The predicted octanol–water partition coefficient (Wildman–Crippen LogP) is 7.33. The minimum absolute atomic E-state index is 0.119. The van der Waals surface area contributed by atoms with E-state index in [4.69, 9.17) is 4.74 Å². The third-order valence-corrected chi connectivity index (χ3v) is 4.08. The molecule has 0 aliphatic carbocycles. The molecule has 0 aliphatic heterocycles. The number of ether oxygens (including phenoxy) is 1. The first-order chi connectivity index (χ1) is 12.1. The second-order valence-electron chi connectivity index (χ2n) is 8.04. The van der Waals surface area contributed by atoms with Crippen molar-refractivity contribution < 1.29 is 9.53 Å². The van der Waals surface area contributed by atoms with Gasteiger partial charge in [-0.05, 0) is 86.1 Å². The highest BCUT2D eigenvalue weighted by molar-refractivity contribution is 5.70. The summed E-state index contributed by atoms with van der Waals surface area (Å²) in [6.07, 6.45) is 13.2. The van der Waals surface area contributed by atoms with Crippen molar-refractivity contribution in [2.45, 2.75) is 93.6 Å². The van der Waals surface area contributed by atoms with Gasteiger partial charge < -0.3 is 4.74 Å². The van der Waals surface area contributed by atoms with Crippen LogP contribution in [-0.2, 0) is 9.53 Å². The van der Waals surface area contributed by atoms with E-state index in [1.54, 1.807) is 0 Å². The van der Waals surface area contributed by atoms with Gasteiger partial charge in [0.05, 0.1) is 6.42 Å². The molecule has 0 aliphatic rings. The van der Waals surface area contributed by atoms with E-state index in [0.717, 1.165) is 25.7 Å². The van der Waals surface area contributed by atoms with Gasteiger partial charge in [0.25, 0.3) is 0 Å². The van der Waals surface area contributed by atoms with Crippen molar-refractivity contribution in [3.05, 3.63) is 46.6 Å².